The summed E-state index contributed by atoms with van der Waals surface area (Å²) >= 11 is 0. The Hall–Kier alpha value is -7.98. The molecule has 3 aromatic carbocycles. The van der Waals surface area contributed by atoms with E-state index < -0.39 is 141 Å². The van der Waals surface area contributed by atoms with Gasteiger partial charge in [0.25, 0.3) is 5.91 Å². The van der Waals surface area contributed by atoms with Crippen LogP contribution >= 0.6 is 0 Å². The fraction of sp³-hybridized carbons (Fsp3) is 0.436. The predicted molar refractivity (Wildman–Crippen MR) is 286 cm³/mol. The molecule has 3 saturated heterocycles. The average Bonchev–Trinajstić information content (AvgIpc) is 1.56. The van der Waals surface area contributed by atoms with Gasteiger partial charge in [-0.2, -0.15) is 5.26 Å². The van der Waals surface area contributed by atoms with Gasteiger partial charge in [0.1, 0.15) is 35.6 Å². The van der Waals surface area contributed by atoms with Crippen LogP contribution in [0.25, 0.3) is 0 Å². The molecule has 4 heterocycles. The van der Waals surface area contributed by atoms with Crippen LogP contribution in [-0.4, -0.2) is 178 Å². The summed E-state index contributed by atoms with van der Waals surface area (Å²) in [7, 11) is -0.912. The number of hydrogen-bond donors (Lipinski definition) is 9. The van der Waals surface area contributed by atoms with E-state index in [0.717, 1.165) is 18.5 Å². The predicted octanol–water partition coefficient (Wildman–Crippen LogP) is -0.0794. The number of hydrogen-bond acceptors (Lipinski definition) is 22. The Kier molecular flexibility index (Phi) is 18.1. The highest BCUT2D eigenvalue weighted by Gasteiger charge is 2.54. The molecule has 0 spiro atoms. The Morgan fingerprint density at radius 2 is 1.63 bits per heavy atom. The lowest BCUT2D eigenvalue weighted by molar-refractivity contribution is -0.254. The number of ketones is 2. The van der Waals surface area contributed by atoms with Gasteiger partial charge in [-0.25, -0.2) is 13.4 Å². The smallest absolute Gasteiger partial charge is 0.252 e. The van der Waals surface area contributed by atoms with Gasteiger partial charge in [0.2, 0.25) is 29.4 Å². The van der Waals surface area contributed by atoms with Gasteiger partial charge in [-0.3, -0.25) is 43.8 Å². The lowest BCUT2D eigenvalue weighted by atomic mass is 9.74. The lowest BCUT2D eigenvalue weighted by Gasteiger charge is -2.42. The summed E-state index contributed by atoms with van der Waals surface area (Å²) in [5, 5.41) is 58.5. The van der Waals surface area contributed by atoms with Gasteiger partial charge in [0, 0.05) is 86.4 Å². The molecule has 9 atom stereocenters. The number of morpholine rings is 1. The number of rotatable bonds is 20. The standard InChI is InChI=1S/C55H61N9O18S/c1-26-50-34(64-14-15-79-55(78-3)54(64)82-50)19-41(80-26)81-36-18-28(17-33-43(36)49(72)45-44(47(33)70)46(69)32-6-5-7-35(77-2)42(32)48(45)71)51(73)61-21-27-8-10-31(11-9-27)63-40(68)25-60-39(67)24-59-38(66)23-58-37(65)12-13-57-52(74)30-16-29(20-56)53(62-22-30)83(4,75)76/h5-11,16,22,26,28,34,36-37,41,50,54-55,58,65,70,72H,12-15,17-19,21,23-25H2,1-4H3,(H,57,74)(H,59,66)(H,60,67)(H,61,73)(H,63,68)/t26-,28?,34-,36-,37?,41-,50+,54+,55-/m0/s1. The molecule has 440 valence electrons. The van der Waals surface area contributed by atoms with Crippen molar-refractivity contribution in [1.82, 2.24) is 36.5 Å². The van der Waals surface area contributed by atoms with Gasteiger partial charge in [-0.15, -0.1) is 0 Å². The highest BCUT2D eigenvalue weighted by molar-refractivity contribution is 7.90. The van der Waals surface area contributed by atoms with Gasteiger partial charge in [0.05, 0.1) is 73.4 Å². The molecule has 3 aliphatic heterocycles. The zero-order valence-corrected chi connectivity index (χ0v) is 46.2. The third kappa shape index (κ3) is 12.8. The van der Waals surface area contributed by atoms with Crippen molar-refractivity contribution in [2.24, 2.45) is 5.92 Å². The molecule has 5 amide bonds. The van der Waals surface area contributed by atoms with Crippen LogP contribution in [0.4, 0.5) is 5.69 Å². The van der Waals surface area contributed by atoms with Crippen LogP contribution in [0.2, 0.25) is 0 Å². The second-order valence-electron chi connectivity index (χ2n) is 20.3. The highest BCUT2D eigenvalue weighted by atomic mass is 32.2. The maximum absolute atomic E-state index is 14.3. The molecule has 0 bridgehead atoms. The number of benzene rings is 3. The Labute approximate surface area is 475 Å². The Bertz CT molecular complexity index is 3390. The van der Waals surface area contributed by atoms with Crippen molar-refractivity contribution in [1.29, 1.82) is 5.26 Å². The topological polar surface area (TPSA) is 382 Å². The summed E-state index contributed by atoms with van der Waals surface area (Å²) in [6.45, 7) is 1.40. The number of methoxy groups -OCH3 is 2. The average molecular weight is 1170 g/mol. The molecular weight excluding hydrogens is 1110 g/mol. The van der Waals surface area contributed by atoms with E-state index in [0.29, 0.717) is 30.8 Å². The van der Waals surface area contributed by atoms with Crippen LogP contribution in [0.3, 0.4) is 0 Å². The Morgan fingerprint density at radius 3 is 2.34 bits per heavy atom. The first kappa shape index (κ1) is 59.6. The molecule has 0 saturated carbocycles. The van der Waals surface area contributed by atoms with E-state index >= 15 is 0 Å². The second-order valence-corrected chi connectivity index (χ2v) is 22.3. The number of amides is 5. The number of phenolic OH excluding ortho intramolecular Hbond substituents is 2. The van der Waals surface area contributed by atoms with Crippen molar-refractivity contribution in [3.8, 4) is 23.3 Å². The molecule has 9 rings (SSSR count). The summed E-state index contributed by atoms with van der Waals surface area (Å²) in [4.78, 5) is 98.4. The van der Waals surface area contributed by atoms with Crippen LogP contribution in [0, 0.1) is 17.2 Å². The number of aliphatic hydroxyl groups excluding tert-OH is 1. The van der Waals surface area contributed by atoms with E-state index in [1.54, 1.807) is 30.3 Å². The molecule has 83 heavy (non-hydrogen) atoms. The number of sulfone groups is 1. The van der Waals surface area contributed by atoms with Gasteiger partial charge < -0.3 is 70.3 Å². The summed E-state index contributed by atoms with van der Waals surface area (Å²) in [5.74, 6) is -6.42. The molecule has 27 nitrogen and oxygen atoms in total. The monoisotopic (exact) mass is 1170 g/mol. The molecule has 28 heteroatoms. The molecule has 0 radical (unpaired) electrons. The van der Waals surface area contributed by atoms with Gasteiger partial charge >= 0.3 is 0 Å². The van der Waals surface area contributed by atoms with E-state index in [1.165, 1.54) is 32.4 Å². The fourth-order valence-electron chi connectivity index (χ4n) is 10.9. The molecule has 9 N–H and O–H groups in total. The van der Waals surface area contributed by atoms with Crippen molar-refractivity contribution in [3.63, 3.8) is 0 Å². The van der Waals surface area contributed by atoms with Crippen LogP contribution < -0.4 is 36.6 Å². The van der Waals surface area contributed by atoms with Crippen LogP contribution in [0.15, 0.2) is 59.8 Å². The molecule has 3 fully saturated rings. The number of fused-ring (bicyclic) bond motifs is 6. The molecule has 5 aliphatic rings. The quantitative estimate of drug-likeness (QED) is 0.0363. The second kappa shape index (κ2) is 25.3. The van der Waals surface area contributed by atoms with Crippen molar-refractivity contribution in [2.45, 2.75) is 93.6 Å². The molecule has 2 aliphatic carbocycles. The zero-order valence-electron chi connectivity index (χ0n) is 45.4. The van der Waals surface area contributed by atoms with Crippen molar-refractivity contribution >= 4 is 56.6 Å². The Morgan fingerprint density at radius 1 is 0.904 bits per heavy atom. The highest BCUT2D eigenvalue weighted by Crippen LogP contribution is 2.52. The first-order valence-corrected chi connectivity index (χ1v) is 28.3. The minimum absolute atomic E-state index is 0.0226. The number of carbonyl (C=O) groups is 7. The van der Waals surface area contributed by atoms with Gasteiger partial charge in [-0.1, -0.05) is 24.3 Å². The van der Waals surface area contributed by atoms with E-state index in [2.05, 4.69) is 41.8 Å². The number of nitrogens with zero attached hydrogens (tertiary/aromatic N) is 3. The number of aromatic nitrogens is 1. The van der Waals surface area contributed by atoms with E-state index in [1.807, 2.05) is 6.92 Å². The van der Waals surface area contributed by atoms with E-state index in [4.69, 9.17) is 28.4 Å². The maximum atomic E-state index is 14.3. The zero-order chi connectivity index (χ0) is 59.4. The number of phenols is 2. The fourth-order valence-corrected chi connectivity index (χ4v) is 11.7. The minimum Gasteiger partial charge on any atom is -0.507 e. The summed E-state index contributed by atoms with van der Waals surface area (Å²) in [6.07, 6.45) is -3.29. The number of ether oxygens (including phenoxy) is 6. The van der Waals surface area contributed by atoms with Crippen LogP contribution in [0.5, 0.6) is 17.2 Å². The van der Waals surface area contributed by atoms with Crippen molar-refractivity contribution < 1.29 is 85.7 Å². The Balaban J connectivity index is 0.763. The summed E-state index contributed by atoms with van der Waals surface area (Å²) < 4.78 is 59.8. The number of nitrogens with one attached hydrogen (secondary N) is 6. The third-order valence-corrected chi connectivity index (χ3v) is 15.9. The van der Waals surface area contributed by atoms with Crippen molar-refractivity contribution in [3.05, 3.63) is 105 Å². The van der Waals surface area contributed by atoms with E-state index in [9.17, 15) is 62.6 Å². The third-order valence-electron chi connectivity index (χ3n) is 14.9. The SMILES string of the molecule is COc1cccc2c1C(=O)c1c(O)c3c(c(O)c1C2=O)CC(C(=O)NCc1ccc(NC(=O)CNC(=O)CNC(=O)CNC(O)CCNC(=O)c2cnc(S(C)(=O)=O)c(C#N)c2)cc1)C[C@@H]3O[C@H]1C[C@H]2[C@H](O[C@@H]3[C@@H](OC)OCCN32)[C@H](C)O1. The van der Waals surface area contributed by atoms with Gasteiger partial charge in [-0.05, 0) is 49.6 Å². The van der Waals surface area contributed by atoms with E-state index in [-0.39, 0.29) is 83.6 Å². The normalized spacial score (nSPS) is 22.9. The first-order valence-electron chi connectivity index (χ1n) is 26.4. The number of anilines is 1. The molecule has 2 unspecified atom stereocenters. The number of carbonyl (C=O) groups excluding carboxylic acids is 7. The summed E-state index contributed by atoms with van der Waals surface area (Å²) in [6, 6.07) is 13.5. The van der Waals surface area contributed by atoms with Gasteiger partial charge in [0.15, 0.2) is 39.5 Å². The maximum Gasteiger partial charge on any atom is 0.252 e. The molecule has 4 aromatic rings. The number of pyridine rings is 1. The molecular formula is C55H61N9O18S. The lowest BCUT2D eigenvalue weighted by Crippen LogP contribution is -2.55. The minimum atomic E-state index is -3.80. The van der Waals surface area contributed by atoms with Crippen LogP contribution in [0.1, 0.15) is 96.7 Å². The number of nitriles is 1. The van der Waals surface area contributed by atoms with Crippen LogP contribution in [-0.2, 0) is 65.7 Å². The number of aliphatic hydroxyl groups is 1. The van der Waals surface area contributed by atoms with Crippen molar-refractivity contribution in [2.75, 3.05) is 65.1 Å². The first-order chi connectivity index (χ1) is 39.7. The molecule has 1 aromatic heterocycles. The number of aromatic hydroxyl groups is 2. The largest absolute Gasteiger partial charge is 0.507 e. The summed E-state index contributed by atoms with van der Waals surface area (Å²) in [5.41, 5.74) is -0.160.